The molecule has 4 nitrogen and oxygen atoms in total. The van der Waals surface area contributed by atoms with Gasteiger partial charge in [-0.25, -0.2) is 0 Å². The van der Waals surface area contributed by atoms with E-state index >= 15 is 0 Å². The lowest BCUT2D eigenvalue weighted by Gasteiger charge is -2.27. The Kier molecular flexibility index (Phi) is 3.42. The van der Waals surface area contributed by atoms with E-state index in [-0.39, 0.29) is 5.91 Å². The first-order valence-corrected chi connectivity index (χ1v) is 8.38. The van der Waals surface area contributed by atoms with Gasteiger partial charge in [0.25, 0.3) is 0 Å². The van der Waals surface area contributed by atoms with E-state index in [4.69, 9.17) is 10.2 Å². The molecule has 0 aliphatic carbocycles. The Morgan fingerprint density at radius 1 is 1.30 bits per heavy atom. The predicted molar refractivity (Wildman–Crippen MR) is 93.9 cm³/mol. The molecule has 0 radical (unpaired) electrons. The van der Waals surface area contributed by atoms with Crippen molar-refractivity contribution in [3.05, 3.63) is 59.4 Å². The van der Waals surface area contributed by atoms with Gasteiger partial charge in [0.1, 0.15) is 6.26 Å². The summed E-state index contributed by atoms with van der Waals surface area (Å²) in [5.74, 6) is -0.382. The average molecular weight is 324 g/mol. The average Bonchev–Trinajstić information content (AvgIpc) is 3.24. The zero-order chi connectivity index (χ0) is 15.8. The Hall–Kier alpha value is -2.53. The van der Waals surface area contributed by atoms with Gasteiger partial charge in [-0.15, -0.1) is 11.3 Å². The van der Waals surface area contributed by atoms with Gasteiger partial charge >= 0.3 is 0 Å². The van der Waals surface area contributed by atoms with E-state index in [1.807, 2.05) is 18.2 Å². The van der Waals surface area contributed by atoms with Gasteiger partial charge in [-0.05, 0) is 47.2 Å². The SMILES string of the molecule is NC(=O)c1ccc2scc(C3=CCN(c4ccoc4)CC3)c2c1. The minimum atomic E-state index is -0.382. The third-order valence-corrected chi connectivity index (χ3v) is 5.25. The first-order valence-electron chi connectivity index (χ1n) is 7.50. The summed E-state index contributed by atoms with van der Waals surface area (Å²) in [6.07, 6.45) is 6.71. The Morgan fingerprint density at radius 2 is 2.22 bits per heavy atom. The van der Waals surface area contributed by atoms with Gasteiger partial charge in [0, 0.05) is 28.7 Å². The number of fused-ring (bicyclic) bond motifs is 1. The molecule has 3 aromatic rings. The summed E-state index contributed by atoms with van der Waals surface area (Å²) in [7, 11) is 0. The molecule has 5 heteroatoms. The van der Waals surface area contributed by atoms with Crippen LogP contribution in [0.1, 0.15) is 22.3 Å². The maximum atomic E-state index is 11.4. The number of nitrogens with zero attached hydrogens (tertiary/aromatic N) is 1. The Labute approximate surface area is 137 Å². The molecule has 2 N–H and O–H groups in total. The number of anilines is 1. The molecule has 1 aliphatic heterocycles. The molecule has 1 aliphatic rings. The Morgan fingerprint density at radius 3 is 2.91 bits per heavy atom. The lowest BCUT2D eigenvalue weighted by atomic mass is 9.98. The second-order valence-electron chi connectivity index (χ2n) is 5.63. The van der Waals surface area contributed by atoms with Crippen molar-refractivity contribution < 1.29 is 9.21 Å². The number of rotatable bonds is 3. The second kappa shape index (κ2) is 5.59. The lowest BCUT2D eigenvalue weighted by Crippen LogP contribution is -2.27. The fraction of sp³-hybridized carbons (Fsp3) is 0.167. The molecule has 0 unspecified atom stereocenters. The number of carbonyl (C=O) groups excluding carboxylic acids is 1. The molecule has 0 atom stereocenters. The van der Waals surface area contributed by atoms with E-state index < -0.39 is 0 Å². The molecule has 0 saturated heterocycles. The standard InChI is InChI=1S/C18H16N2O2S/c19-18(21)13-1-2-17-15(9-13)16(11-23-17)12-3-6-20(7-4-12)14-5-8-22-10-14/h1-3,5,8-11H,4,6-7H2,(H2,19,21). The van der Waals surface area contributed by atoms with Crippen LogP contribution in [0.15, 0.2) is 52.7 Å². The summed E-state index contributed by atoms with van der Waals surface area (Å²) in [5.41, 5.74) is 9.64. The number of benzene rings is 1. The maximum absolute atomic E-state index is 11.4. The van der Waals surface area contributed by atoms with Gasteiger partial charge in [0.2, 0.25) is 5.91 Å². The van der Waals surface area contributed by atoms with Crippen LogP contribution in [-0.2, 0) is 0 Å². The molecule has 0 bridgehead atoms. The number of nitrogens with two attached hydrogens (primary N) is 1. The van der Waals surface area contributed by atoms with Crippen molar-refractivity contribution in [1.82, 2.24) is 0 Å². The highest BCUT2D eigenvalue weighted by Crippen LogP contribution is 2.35. The number of thiophene rings is 1. The van der Waals surface area contributed by atoms with E-state index in [0.29, 0.717) is 5.56 Å². The number of amides is 1. The van der Waals surface area contributed by atoms with Crippen LogP contribution in [0.3, 0.4) is 0 Å². The number of furan rings is 1. The van der Waals surface area contributed by atoms with E-state index in [9.17, 15) is 4.79 Å². The molecule has 0 saturated carbocycles. The van der Waals surface area contributed by atoms with Crippen LogP contribution in [0.4, 0.5) is 5.69 Å². The first-order chi connectivity index (χ1) is 11.2. The molecule has 1 amide bonds. The molecule has 0 fully saturated rings. The molecular weight excluding hydrogens is 308 g/mol. The highest BCUT2D eigenvalue weighted by atomic mass is 32.1. The van der Waals surface area contributed by atoms with E-state index in [1.165, 1.54) is 15.8 Å². The van der Waals surface area contributed by atoms with Crippen LogP contribution in [-0.4, -0.2) is 19.0 Å². The van der Waals surface area contributed by atoms with Gasteiger partial charge in [-0.3, -0.25) is 4.79 Å². The quantitative estimate of drug-likeness (QED) is 0.795. The van der Waals surface area contributed by atoms with Crippen LogP contribution in [0, 0.1) is 0 Å². The molecular formula is C18H16N2O2S. The van der Waals surface area contributed by atoms with Crippen molar-refractivity contribution in [2.24, 2.45) is 5.73 Å². The minimum absolute atomic E-state index is 0.382. The fourth-order valence-electron chi connectivity index (χ4n) is 3.02. The number of hydrogen-bond acceptors (Lipinski definition) is 4. The molecule has 1 aromatic carbocycles. The van der Waals surface area contributed by atoms with Gasteiger partial charge in [0.05, 0.1) is 12.0 Å². The number of hydrogen-bond donors (Lipinski definition) is 1. The van der Waals surface area contributed by atoms with Gasteiger partial charge in [-0.2, -0.15) is 0 Å². The second-order valence-corrected chi connectivity index (χ2v) is 6.54. The summed E-state index contributed by atoms with van der Waals surface area (Å²) in [4.78, 5) is 13.7. The van der Waals surface area contributed by atoms with Crippen molar-refractivity contribution in [2.45, 2.75) is 6.42 Å². The zero-order valence-electron chi connectivity index (χ0n) is 12.5. The fourth-order valence-corrected chi connectivity index (χ4v) is 3.98. The zero-order valence-corrected chi connectivity index (χ0v) is 13.3. The van der Waals surface area contributed by atoms with E-state index in [1.54, 1.807) is 29.9 Å². The monoisotopic (exact) mass is 324 g/mol. The largest absolute Gasteiger partial charge is 0.470 e. The third-order valence-electron chi connectivity index (χ3n) is 4.28. The van der Waals surface area contributed by atoms with Gasteiger partial charge in [-0.1, -0.05) is 6.08 Å². The maximum Gasteiger partial charge on any atom is 0.248 e. The predicted octanol–water partition coefficient (Wildman–Crippen LogP) is 3.89. The Balaban J connectivity index is 1.67. The highest BCUT2D eigenvalue weighted by molar-refractivity contribution is 7.17. The lowest BCUT2D eigenvalue weighted by molar-refractivity contribution is 0.100. The van der Waals surface area contributed by atoms with Crippen molar-refractivity contribution in [2.75, 3.05) is 18.0 Å². The number of primary amides is 1. The third kappa shape index (κ3) is 2.53. The molecule has 116 valence electrons. The van der Waals surface area contributed by atoms with Gasteiger partial charge in [0.15, 0.2) is 0 Å². The normalized spacial score (nSPS) is 15.0. The van der Waals surface area contributed by atoms with Crippen molar-refractivity contribution in [1.29, 1.82) is 0 Å². The van der Waals surface area contributed by atoms with Crippen molar-refractivity contribution >= 4 is 38.6 Å². The van der Waals surface area contributed by atoms with Crippen LogP contribution in [0.5, 0.6) is 0 Å². The van der Waals surface area contributed by atoms with Crippen LogP contribution >= 0.6 is 11.3 Å². The minimum Gasteiger partial charge on any atom is -0.470 e. The van der Waals surface area contributed by atoms with E-state index in [0.717, 1.165) is 30.6 Å². The summed E-state index contributed by atoms with van der Waals surface area (Å²) in [6.45, 7) is 1.82. The van der Waals surface area contributed by atoms with E-state index in [2.05, 4.69) is 16.4 Å². The van der Waals surface area contributed by atoms with Crippen molar-refractivity contribution in [3.8, 4) is 0 Å². The molecule has 0 spiro atoms. The van der Waals surface area contributed by atoms with Crippen molar-refractivity contribution in [3.63, 3.8) is 0 Å². The summed E-state index contributed by atoms with van der Waals surface area (Å²) in [6, 6.07) is 7.66. The summed E-state index contributed by atoms with van der Waals surface area (Å²) in [5, 5.41) is 3.30. The molecule has 23 heavy (non-hydrogen) atoms. The van der Waals surface area contributed by atoms with Crippen LogP contribution in [0.25, 0.3) is 15.7 Å². The molecule has 4 rings (SSSR count). The van der Waals surface area contributed by atoms with Gasteiger partial charge < -0.3 is 15.1 Å². The number of carbonyl (C=O) groups is 1. The summed E-state index contributed by atoms with van der Waals surface area (Å²) >= 11 is 1.71. The molecule has 3 heterocycles. The highest BCUT2D eigenvalue weighted by Gasteiger charge is 2.17. The Bertz CT molecular complexity index is 893. The van der Waals surface area contributed by atoms with Crippen LogP contribution < -0.4 is 10.6 Å². The summed E-state index contributed by atoms with van der Waals surface area (Å²) < 4.78 is 6.34. The first kappa shape index (κ1) is 14.1. The smallest absolute Gasteiger partial charge is 0.248 e. The molecule has 2 aromatic heterocycles. The topological polar surface area (TPSA) is 59.5 Å². The van der Waals surface area contributed by atoms with Crippen LogP contribution in [0.2, 0.25) is 0 Å².